The second-order valence-corrected chi connectivity index (χ2v) is 23.4. The Morgan fingerprint density at radius 2 is 0.635 bits per heavy atom. The second kappa shape index (κ2) is 30.6. The minimum absolute atomic E-state index is 0. The maximum Gasteiger partial charge on any atom is 0.0966 e. The first-order valence-corrected chi connectivity index (χ1v) is 29.3. The maximum atomic E-state index is 4.62. The third kappa shape index (κ3) is 15.2. The monoisotopic (exact) mass is 1180 g/mol. The van der Waals surface area contributed by atoms with Crippen molar-refractivity contribution in [3.8, 4) is 22.5 Å². The fourth-order valence-electron chi connectivity index (χ4n) is 9.86. The fraction of sp³-hybridized carbons (Fsp3) is 0.182. The van der Waals surface area contributed by atoms with E-state index >= 15 is 0 Å². The standard InChI is InChI=1S/2C25H20N2P.2C8H12.2Rh/c2*1-3-9-19(10-4-1)28(20-11-5-2-6-12-20)18-15-21-22-13-7-16-26-24(22)25-23(21)14-8-17-27-25;2*1-2-4-6-8-7-5-3-1;;/h2*1-14,16-17H,15,18H2;2*1-2,7-8H,3-6H2;;/q2*-1;;;;/p+2/b;;2*2-1-,8-7-;;. The van der Waals surface area contributed by atoms with Crippen molar-refractivity contribution in [1.82, 2.24) is 19.9 Å². The molecule has 0 fully saturated rings. The topological polar surface area (TPSA) is 51.6 Å². The first-order valence-electron chi connectivity index (χ1n) is 25.9. The molecule has 8 heteroatoms. The number of aryl methyl sites for hydroxylation is 2. The molecule has 4 aromatic carbocycles. The summed E-state index contributed by atoms with van der Waals surface area (Å²) in [7, 11) is -1.70. The number of pyridine rings is 4. The fourth-order valence-corrected chi connectivity index (χ4v) is 15.1. The molecule has 0 saturated heterocycles. The molecule has 0 spiro atoms. The van der Waals surface area contributed by atoms with E-state index < -0.39 is 15.8 Å². The van der Waals surface area contributed by atoms with E-state index in [9.17, 15) is 0 Å². The van der Waals surface area contributed by atoms with Crippen molar-refractivity contribution in [3.05, 3.63) is 254 Å². The zero-order chi connectivity index (χ0) is 48.8. The van der Waals surface area contributed by atoms with E-state index in [-0.39, 0.29) is 39.0 Å². The summed E-state index contributed by atoms with van der Waals surface area (Å²) in [6.45, 7) is 0. The number of hydrogen-bond acceptors (Lipinski definition) is 4. The first-order chi connectivity index (χ1) is 35.8. The van der Waals surface area contributed by atoms with Gasteiger partial charge in [0.2, 0.25) is 0 Å². The van der Waals surface area contributed by atoms with Crippen molar-refractivity contribution in [1.29, 1.82) is 0 Å². The van der Waals surface area contributed by atoms with Crippen LogP contribution in [-0.2, 0) is 51.8 Å². The van der Waals surface area contributed by atoms with Gasteiger partial charge in [-0.05, 0) is 136 Å². The molecule has 74 heavy (non-hydrogen) atoms. The molecule has 4 aliphatic carbocycles. The van der Waals surface area contributed by atoms with E-state index in [1.54, 1.807) is 0 Å². The maximum absolute atomic E-state index is 4.62. The molecule has 6 aromatic rings. The number of aromatic nitrogens is 4. The number of allylic oxidation sites excluding steroid dienone is 8. The predicted octanol–water partition coefficient (Wildman–Crippen LogP) is 15.1. The van der Waals surface area contributed by atoms with Crippen molar-refractivity contribution >= 4 is 58.9 Å². The average molecular weight is 1180 g/mol. The molecule has 6 aliphatic rings. The molecule has 0 unspecified atom stereocenters. The Balaban J connectivity index is 0.000000163. The van der Waals surface area contributed by atoms with E-state index in [4.69, 9.17) is 0 Å². The van der Waals surface area contributed by atoms with Crippen LogP contribution in [-0.4, -0.2) is 32.3 Å². The van der Waals surface area contributed by atoms with Crippen LogP contribution in [0.15, 0.2) is 243 Å². The van der Waals surface area contributed by atoms with Gasteiger partial charge in [0.1, 0.15) is 0 Å². The molecule has 2 radical (unpaired) electrons. The minimum Gasteiger partial charge on any atom is -0.350 e. The molecule has 0 amide bonds. The SMILES string of the molecule is C1=C\CC/C=C\CC/1.C1=C\CC/C=C\CC/1.[Rh].[Rh].c1ccc([PH+](CCc2c3[cH-]ccnc-3c3ncccc23)c2ccccc2)cc1.c1ccc([PH+](CCc2c3[cH-]ccnc-3c3ncccc23)c2ccccc2)cc1. The van der Waals surface area contributed by atoms with E-state index in [1.165, 1.54) is 106 Å². The van der Waals surface area contributed by atoms with Crippen molar-refractivity contribution < 1.29 is 39.0 Å². The van der Waals surface area contributed by atoms with Crippen LogP contribution in [0.1, 0.15) is 62.5 Å². The van der Waals surface area contributed by atoms with Gasteiger partial charge in [0.25, 0.3) is 0 Å². The van der Waals surface area contributed by atoms with Gasteiger partial charge in [-0.3, -0.25) is 9.97 Å². The molecule has 2 aromatic heterocycles. The van der Waals surface area contributed by atoms with Gasteiger partial charge in [-0.25, -0.2) is 0 Å². The number of benzene rings is 4. The van der Waals surface area contributed by atoms with Gasteiger partial charge in [-0.2, -0.15) is 0 Å². The normalized spacial score (nSPS) is 14.7. The molecular weight excluding hydrogens is 1120 g/mol. The summed E-state index contributed by atoms with van der Waals surface area (Å²) >= 11 is 0. The number of nitrogens with zero attached hydrogens (tertiary/aromatic N) is 4. The summed E-state index contributed by atoms with van der Waals surface area (Å²) in [5.74, 6) is 0. The second-order valence-electron chi connectivity index (χ2n) is 18.2. The molecule has 0 bridgehead atoms. The van der Waals surface area contributed by atoms with Gasteiger partial charge >= 0.3 is 0 Å². The van der Waals surface area contributed by atoms with E-state index in [1.807, 2.05) is 49.1 Å². The van der Waals surface area contributed by atoms with Crippen LogP contribution in [0.3, 0.4) is 0 Å². The molecule has 12 rings (SSSR count). The van der Waals surface area contributed by atoms with E-state index in [2.05, 4.69) is 214 Å². The van der Waals surface area contributed by atoms with Gasteiger partial charge in [0, 0.05) is 73.8 Å². The van der Waals surface area contributed by atoms with Crippen LogP contribution in [0.4, 0.5) is 0 Å². The molecule has 378 valence electrons. The summed E-state index contributed by atoms with van der Waals surface area (Å²) in [6, 6.07) is 60.8. The van der Waals surface area contributed by atoms with Crippen LogP contribution < -0.4 is 21.2 Å². The molecule has 4 nitrogen and oxygen atoms in total. The van der Waals surface area contributed by atoms with Crippen molar-refractivity contribution in [3.63, 3.8) is 0 Å². The smallest absolute Gasteiger partial charge is 0.0966 e. The Labute approximate surface area is 467 Å². The third-order valence-electron chi connectivity index (χ3n) is 13.4. The largest absolute Gasteiger partial charge is 0.350 e. The van der Waals surface area contributed by atoms with Crippen molar-refractivity contribution in [2.45, 2.75) is 64.2 Å². The predicted molar refractivity (Wildman–Crippen MR) is 315 cm³/mol. The summed E-state index contributed by atoms with van der Waals surface area (Å²) in [6.07, 6.45) is 39.8. The van der Waals surface area contributed by atoms with Crippen LogP contribution in [0.5, 0.6) is 0 Å². The Hall–Kier alpha value is -5.71. The Morgan fingerprint density at radius 3 is 0.932 bits per heavy atom. The van der Waals surface area contributed by atoms with Crippen LogP contribution in [0, 0.1) is 0 Å². The van der Waals surface area contributed by atoms with Crippen LogP contribution in [0.2, 0.25) is 0 Å². The van der Waals surface area contributed by atoms with Crippen LogP contribution >= 0.6 is 15.8 Å². The minimum atomic E-state index is -0.852. The van der Waals surface area contributed by atoms with Crippen molar-refractivity contribution in [2.24, 2.45) is 0 Å². The summed E-state index contributed by atoms with van der Waals surface area (Å²) in [5.41, 5.74) is 9.39. The molecule has 0 N–H and O–H groups in total. The van der Waals surface area contributed by atoms with E-state index in [0.29, 0.717) is 0 Å². The van der Waals surface area contributed by atoms with Gasteiger partial charge in [0.15, 0.2) is 0 Å². The summed E-state index contributed by atoms with van der Waals surface area (Å²) in [5, 5.41) is 8.37. The van der Waals surface area contributed by atoms with E-state index in [0.717, 1.165) is 47.6 Å². The molecule has 0 saturated carbocycles. The summed E-state index contributed by atoms with van der Waals surface area (Å²) < 4.78 is 0. The average Bonchev–Trinajstić information content (AvgIpc) is 3.92. The van der Waals surface area contributed by atoms with Gasteiger partial charge in [-0.15, -0.1) is 46.5 Å². The van der Waals surface area contributed by atoms with Gasteiger partial charge in [0.05, 0.1) is 49.4 Å². The zero-order valence-corrected chi connectivity index (χ0v) is 47.3. The first kappa shape index (κ1) is 56.0. The van der Waals surface area contributed by atoms with Gasteiger partial charge < -0.3 is 9.97 Å². The number of hydrogen-bond donors (Lipinski definition) is 0. The number of fused-ring (bicyclic) bond motifs is 6. The molecule has 2 aliphatic heterocycles. The Morgan fingerprint density at radius 1 is 0.338 bits per heavy atom. The van der Waals surface area contributed by atoms with Crippen molar-refractivity contribution in [2.75, 3.05) is 12.3 Å². The Bertz CT molecular complexity index is 2870. The molecule has 0 atom stereocenters. The summed E-state index contributed by atoms with van der Waals surface area (Å²) in [4.78, 5) is 18.5. The molecule has 4 heterocycles. The van der Waals surface area contributed by atoms with Gasteiger partial charge in [-0.1, -0.05) is 146 Å². The Kier molecular flexibility index (Phi) is 23.2. The van der Waals surface area contributed by atoms with Crippen LogP contribution in [0.25, 0.3) is 44.3 Å². The number of rotatable bonds is 10. The third-order valence-corrected chi connectivity index (χ3v) is 19.0. The zero-order valence-electron chi connectivity index (χ0n) is 42.0. The molecular formula is C66H66N4P2Rh2. The quantitative estimate of drug-likeness (QED) is 0.0593.